The van der Waals surface area contributed by atoms with Gasteiger partial charge in [-0.1, -0.05) is 12.5 Å². The number of carbonyl (C=O) groups excluding carboxylic acids is 2. The van der Waals surface area contributed by atoms with Crippen LogP contribution in [0.1, 0.15) is 24.8 Å². The SMILES string of the molecule is COCC(=O)OCC(=O)Nc1ccc(C)c(S(=O)(=O)N2CCCCC2)c1. The Hall–Kier alpha value is -1.97. The van der Waals surface area contributed by atoms with Crippen molar-refractivity contribution in [2.75, 3.05) is 38.7 Å². The maximum atomic E-state index is 12.9. The van der Waals surface area contributed by atoms with Gasteiger partial charge in [-0.15, -0.1) is 0 Å². The maximum absolute atomic E-state index is 12.9. The van der Waals surface area contributed by atoms with Gasteiger partial charge in [-0.3, -0.25) is 4.79 Å². The molecule has 0 unspecified atom stereocenters. The third-order valence-corrected chi connectivity index (χ3v) is 6.07. The summed E-state index contributed by atoms with van der Waals surface area (Å²) in [5.41, 5.74) is 0.944. The quantitative estimate of drug-likeness (QED) is 0.711. The summed E-state index contributed by atoms with van der Waals surface area (Å²) in [6, 6.07) is 4.69. The van der Waals surface area contributed by atoms with Crippen molar-refractivity contribution < 1.29 is 27.5 Å². The number of aryl methyl sites for hydroxylation is 1. The fourth-order valence-corrected chi connectivity index (χ4v) is 4.47. The molecule has 1 aromatic carbocycles. The van der Waals surface area contributed by atoms with Crippen molar-refractivity contribution in [1.82, 2.24) is 4.31 Å². The Balaban J connectivity index is 2.09. The van der Waals surface area contributed by atoms with Gasteiger partial charge in [-0.25, -0.2) is 13.2 Å². The normalized spacial score (nSPS) is 15.5. The highest BCUT2D eigenvalue weighted by Gasteiger charge is 2.27. The van der Waals surface area contributed by atoms with Gasteiger partial charge in [0.2, 0.25) is 10.0 Å². The fraction of sp³-hybridized carbons (Fsp3) is 0.529. The number of hydrogen-bond acceptors (Lipinski definition) is 6. The molecule has 0 bridgehead atoms. The van der Waals surface area contributed by atoms with Crippen LogP contribution in [0.4, 0.5) is 5.69 Å². The molecule has 1 amide bonds. The van der Waals surface area contributed by atoms with Gasteiger partial charge in [0.1, 0.15) is 6.61 Å². The minimum Gasteiger partial charge on any atom is -0.454 e. The zero-order valence-corrected chi connectivity index (χ0v) is 15.8. The molecule has 1 aliphatic heterocycles. The van der Waals surface area contributed by atoms with Crippen LogP contribution in [0.15, 0.2) is 23.1 Å². The van der Waals surface area contributed by atoms with Crippen molar-refractivity contribution in [3.05, 3.63) is 23.8 Å². The first-order chi connectivity index (χ1) is 12.3. The largest absolute Gasteiger partial charge is 0.454 e. The van der Waals surface area contributed by atoms with E-state index in [4.69, 9.17) is 4.74 Å². The minimum atomic E-state index is -3.60. The monoisotopic (exact) mass is 384 g/mol. The molecule has 1 saturated heterocycles. The minimum absolute atomic E-state index is 0.175. The first-order valence-corrected chi connectivity index (χ1v) is 9.84. The third-order valence-electron chi connectivity index (χ3n) is 4.03. The van der Waals surface area contributed by atoms with Crippen LogP contribution >= 0.6 is 0 Å². The maximum Gasteiger partial charge on any atom is 0.332 e. The number of carbonyl (C=O) groups is 2. The summed E-state index contributed by atoms with van der Waals surface area (Å²) in [5.74, 6) is -1.21. The third kappa shape index (κ3) is 5.26. The topological polar surface area (TPSA) is 102 Å². The van der Waals surface area contributed by atoms with E-state index in [1.807, 2.05) is 0 Å². The Morgan fingerprint density at radius 1 is 1.15 bits per heavy atom. The molecule has 0 spiro atoms. The van der Waals surface area contributed by atoms with Crippen molar-refractivity contribution in [3.8, 4) is 0 Å². The van der Waals surface area contributed by atoms with Crippen molar-refractivity contribution in [2.24, 2.45) is 0 Å². The number of sulfonamides is 1. The van der Waals surface area contributed by atoms with E-state index < -0.39 is 28.5 Å². The Bertz CT molecular complexity index is 757. The second-order valence-electron chi connectivity index (χ2n) is 6.09. The number of piperidine rings is 1. The van der Waals surface area contributed by atoms with Crippen LogP contribution < -0.4 is 5.32 Å². The molecule has 0 atom stereocenters. The standard InChI is InChI=1S/C17H24N2O6S/c1-13-6-7-14(18-16(20)11-25-17(21)12-24-2)10-15(13)26(22,23)19-8-4-3-5-9-19/h6-7,10H,3-5,8-9,11-12H2,1-2H3,(H,18,20). The molecule has 1 heterocycles. The Morgan fingerprint density at radius 2 is 1.85 bits per heavy atom. The number of amides is 1. The molecular formula is C17H24N2O6S. The van der Waals surface area contributed by atoms with Crippen molar-refractivity contribution in [2.45, 2.75) is 31.1 Å². The van der Waals surface area contributed by atoms with Gasteiger partial charge < -0.3 is 14.8 Å². The van der Waals surface area contributed by atoms with Crippen LogP contribution in [-0.4, -0.2) is 58.0 Å². The number of rotatable bonds is 7. The van der Waals surface area contributed by atoms with Crippen molar-refractivity contribution in [1.29, 1.82) is 0 Å². The lowest BCUT2D eigenvalue weighted by molar-refractivity contribution is -0.150. The van der Waals surface area contributed by atoms with Crippen LogP contribution in [0.3, 0.4) is 0 Å². The van der Waals surface area contributed by atoms with E-state index in [-0.39, 0.29) is 11.5 Å². The Kier molecular flexibility index (Phi) is 7.13. The molecule has 26 heavy (non-hydrogen) atoms. The molecule has 1 fully saturated rings. The second-order valence-corrected chi connectivity index (χ2v) is 7.99. The molecule has 1 aliphatic rings. The zero-order valence-electron chi connectivity index (χ0n) is 15.0. The molecular weight excluding hydrogens is 360 g/mol. The average Bonchev–Trinajstić information content (AvgIpc) is 2.62. The number of benzene rings is 1. The summed E-state index contributed by atoms with van der Waals surface area (Å²) in [7, 11) is -2.26. The zero-order chi connectivity index (χ0) is 19.2. The summed E-state index contributed by atoms with van der Waals surface area (Å²) in [6.07, 6.45) is 2.73. The summed E-state index contributed by atoms with van der Waals surface area (Å²) in [4.78, 5) is 23.2. The second kappa shape index (κ2) is 9.11. The number of nitrogens with one attached hydrogen (secondary N) is 1. The highest BCUT2D eigenvalue weighted by molar-refractivity contribution is 7.89. The molecule has 0 aromatic heterocycles. The number of methoxy groups -OCH3 is 1. The number of hydrogen-bond donors (Lipinski definition) is 1. The summed E-state index contributed by atoms with van der Waals surface area (Å²) in [6.45, 7) is 2.02. The Labute approximate surface area is 153 Å². The molecule has 1 N–H and O–H groups in total. The van der Waals surface area contributed by atoms with E-state index in [2.05, 4.69) is 10.1 Å². The van der Waals surface area contributed by atoms with E-state index in [1.165, 1.54) is 17.5 Å². The molecule has 1 aromatic rings. The average molecular weight is 384 g/mol. The van der Waals surface area contributed by atoms with E-state index in [9.17, 15) is 18.0 Å². The number of esters is 1. The lowest BCUT2D eigenvalue weighted by atomic mass is 10.2. The molecule has 8 nitrogen and oxygen atoms in total. The van der Waals surface area contributed by atoms with Crippen LogP contribution in [-0.2, 0) is 29.1 Å². The lowest BCUT2D eigenvalue weighted by Gasteiger charge is -2.26. The Morgan fingerprint density at radius 3 is 2.50 bits per heavy atom. The molecule has 0 saturated carbocycles. The smallest absolute Gasteiger partial charge is 0.332 e. The van der Waals surface area contributed by atoms with Gasteiger partial charge in [0.25, 0.3) is 5.91 Å². The molecule has 144 valence electrons. The van der Waals surface area contributed by atoms with Gasteiger partial charge in [0.15, 0.2) is 6.61 Å². The molecule has 0 radical (unpaired) electrons. The van der Waals surface area contributed by atoms with Crippen molar-refractivity contribution in [3.63, 3.8) is 0 Å². The van der Waals surface area contributed by atoms with Gasteiger partial charge in [-0.05, 0) is 37.5 Å². The predicted octanol–water partition coefficient (Wildman–Crippen LogP) is 1.30. The van der Waals surface area contributed by atoms with Gasteiger partial charge in [-0.2, -0.15) is 4.31 Å². The van der Waals surface area contributed by atoms with Crippen molar-refractivity contribution >= 4 is 27.6 Å². The summed E-state index contributed by atoms with van der Waals surface area (Å²) >= 11 is 0. The summed E-state index contributed by atoms with van der Waals surface area (Å²) < 4.78 is 36.5. The van der Waals surface area contributed by atoms with Crippen LogP contribution in [0, 0.1) is 6.92 Å². The molecule has 9 heteroatoms. The van der Waals surface area contributed by atoms with Crippen LogP contribution in [0.2, 0.25) is 0 Å². The molecule has 2 rings (SSSR count). The summed E-state index contributed by atoms with van der Waals surface area (Å²) in [5, 5.41) is 2.54. The van der Waals surface area contributed by atoms with E-state index in [1.54, 1.807) is 19.1 Å². The highest BCUT2D eigenvalue weighted by Crippen LogP contribution is 2.26. The first-order valence-electron chi connectivity index (χ1n) is 8.40. The number of nitrogens with zero attached hydrogens (tertiary/aromatic N) is 1. The predicted molar refractivity (Wildman–Crippen MR) is 95.3 cm³/mol. The lowest BCUT2D eigenvalue weighted by Crippen LogP contribution is -2.36. The van der Waals surface area contributed by atoms with Gasteiger partial charge >= 0.3 is 5.97 Å². The first kappa shape index (κ1) is 20.3. The van der Waals surface area contributed by atoms with E-state index in [0.717, 1.165) is 19.3 Å². The van der Waals surface area contributed by atoms with Gasteiger partial charge in [0, 0.05) is 25.9 Å². The van der Waals surface area contributed by atoms with Gasteiger partial charge in [0.05, 0.1) is 4.90 Å². The van der Waals surface area contributed by atoms with Crippen LogP contribution in [0.25, 0.3) is 0 Å². The van der Waals surface area contributed by atoms with Crippen LogP contribution in [0.5, 0.6) is 0 Å². The molecule has 0 aliphatic carbocycles. The van der Waals surface area contributed by atoms with E-state index >= 15 is 0 Å². The number of anilines is 1. The number of ether oxygens (including phenoxy) is 2. The highest BCUT2D eigenvalue weighted by atomic mass is 32.2. The van der Waals surface area contributed by atoms with E-state index in [0.29, 0.717) is 24.3 Å². The fourth-order valence-electron chi connectivity index (χ4n) is 2.70.